The highest BCUT2D eigenvalue weighted by atomic mass is 80.0. The topological polar surface area (TPSA) is 57.0 Å². The molecule has 0 aromatic carbocycles. The van der Waals surface area contributed by atoms with Crippen LogP contribution in [0.2, 0.25) is 0 Å². The highest BCUT2D eigenvalue weighted by Gasteiger charge is 2.32. The molecule has 0 spiro atoms. The maximum absolute atomic E-state index is 11.4. The lowest BCUT2D eigenvalue weighted by atomic mass is 10.4. The molecule has 0 bridgehead atoms. The van der Waals surface area contributed by atoms with Crippen molar-refractivity contribution in [2.45, 2.75) is 16.0 Å². The average Bonchev–Trinajstić information content (AvgIpc) is 2.17. The number of ether oxygens (including phenoxy) is 2. The number of hydrogen-bond donors (Lipinski definition) is 0. The summed E-state index contributed by atoms with van der Waals surface area (Å²) in [6.45, 7) is 9.92. The Morgan fingerprint density at radius 3 is 2.24 bits per heavy atom. The van der Waals surface area contributed by atoms with Crippen molar-refractivity contribution in [3.8, 4) is 0 Å². The third-order valence-corrected chi connectivity index (χ3v) is 2.36. The van der Waals surface area contributed by atoms with E-state index in [1.165, 1.54) is 6.92 Å². The molecule has 0 atom stereocenters. The second kappa shape index (κ2) is 7.13. The monoisotopic (exact) mass is 431 g/mol. The molecule has 0 aromatic heterocycles. The highest BCUT2D eigenvalue weighted by Crippen LogP contribution is 2.35. The lowest BCUT2D eigenvalue weighted by Gasteiger charge is -2.12. The van der Waals surface area contributed by atoms with Gasteiger partial charge in [0.25, 0.3) is 0 Å². The lowest BCUT2D eigenvalue weighted by molar-refractivity contribution is -0.139. The first-order valence-corrected chi connectivity index (χ1v) is 6.66. The Labute approximate surface area is 124 Å². The molecule has 0 saturated heterocycles. The molecule has 0 unspecified atom stereocenters. The lowest BCUT2D eigenvalue weighted by Crippen LogP contribution is -2.20. The van der Waals surface area contributed by atoms with Crippen molar-refractivity contribution >= 4 is 59.7 Å². The molecule has 8 heteroatoms. The molecule has 0 amide bonds. The van der Waals surface area contributed by atoms with E-state index in [9.17, 15) is 9.59 Å². The predicted molar refractivity (Wildman–Crippen MR) is 71.5 cm³/mol. The zero-order valence-corrected chi connectivity index (χ0v) is 13.7. The summed E-state index contributed by atoms with van der Waals surface area (Å²) in [5.41, 5.74) is -0.364. The van der Waals surface area contributed by atoms with Crippen LogP contribution in [0, 0.1) is 6.57 Å². The van der Waals surface area contributed by atoms with Crippen molar-refractivity contribution in [1.82, 2.24) is 0 Å². The SMILES string of the molecule is [C-]#[N+]C(C(=O)OCC)=C(C)OC(=O)C(Br)(Br)Br. The molecule has 0 rings (SSSR count). The standard InChI is InChI=1S/C9H8Br3NO4/c1-4-16-7(14)6(13-3)5(2)17-8(15)9(10,11)12/h4H2,1-2H3. The quantitative estimate of drug-likeness (QED) is 0.226. The van der Waals surface area contributed by atoms with Gasteiger partial charge in [-0.05, 0) is 61.6 Å². The van der Waals surface area contributed by atoms with Gasteiger partial charge in [-0.2, -0.15) is 0 Å². The first kappa shape index (κ1) is 16.6. The number of carbonyl (C=O) groups is 2. The van der Waals surface area contributed by atoms with Crippen molar-refractivity contribution in [2.75, 3.05) is 6.61 Å². The summed E-state index contributed by atoms with van der Waals surface area (Å²) in [6.07, 6.45) is 0. The van der Waals surface area contributed by atoms with E-state index < -0.39 is 14.1 Å². The summed E-state index contributed by atoms with van der Waals surface area (Å²) in [4.78, 5) is 25.7. The predicted octanol–water partition coefficient (Wildman–Crippen LogP) is 3.08. The van der Waals surface area contributed by atoms with Crippen molar-refractivity contribution < 1.29 is 19.1 Å². The van der Waals surface area contributed by atoms with Gasteiger partial charge in [0.2, 0.25) is 2.14 Å². The zero-order chi connectivity index (χ0) is 13.6. The summed E-state index contributed by atoms with van der Waals surface area (Å²) in [6, 6.07) is 0. The fraction of sp³-hybridized carbons (Fsp3) is 0.444. The summed E-state index contributed by atoms with van der Waals surface area (Å²) in [7, 11) is 0. The van der Waals surface area contributed by atoms with Crippen LogP contribution in [-0.2, 0) is 19.1 Å². The van der Waals surface area contributed by atoms with Crippen molar-refractivity contribution in [2.24, 2.45) is 0 Å². The van der Waals surface area contributed by atoms with Crippen LogP contribution in [0.5, 0.6) is 0 Å². The molecule has 0 saturated carbocycles. The molecular weight excluding hydrogens is 426 g/mol. The molecule has 94 valence electrons. The van der Waals surface area contributed by atoms with E-state index in [0.29, 0.717) is 0 Å². The van der Waals surface area contributed by atoms with Gasteiger partial charge in [-0.25, -0.2) is 9.64 Å². The summed E-state index contributed by atoms with van der Waals surface area (Å²) < 4.78 is 8.21. The second-order valence-electron chi connectivity index (χ2n) is 2.62. The summed E-state index contributed by atoms with van der Waals surface area (Å²) in [5, 5.41) is 0. The third-order valence-electron chi connectivity index (χ3n) is 1.39. The van der Waals surface area contributed by atoms with Crippen LogP contribution in [0.1, 0.15) is 13.8 Å². The van der Waals surface area contributed by atoms with Crippen molar-refractivity contribution in [3.05, 3.63) is 22.9 Å². The molecule has 0 fully saturated rings. The molecule has 0 radical (unpaired) electrons. The minimum absolute atomic E-state index is 0.119. The Morgan fingerprint density at radius 2 is 1.88 bits per heavy atom. The minimum atomic E-state index is -1.25. The molecule has 0 aromatic rings. The Hall–Kier alpha value is -0.390. The Morgan fingerprint density at radius 1 is 1.35 bits per heavy atom. The first-order valence-electron chi connectivity index (χ1n) is 4.28. The summed E-state index contributed by atoms with van der Waals surface area (Å²) >= 11 is 8.86. The molecule has 5 nitrogen and oxygen atoms in total. The number of allylic oxidation sites excluding steroid dienone is 1. The van der Waals surface area contributed by atoms with E-state index >= 15 is 0 Å². The van der Waals surface area contributed by atoms with E-state index in [2.05, 4.69) is 57.4 Å². The molecule has 0 aliphatic rings. The minimum Gasteiger partial charge on any atom is -0.471 e. The van der Waals surface area contributed by atoms with Crippen molar-refractivity contribution in [3.63, 3.8) is 0 Å². The van der Waals surface area contributed by atoms with Crippen LogP contribution >= 0.6 is 47.8 Å². The number of carbonyl (C=O) groups excluding carboxylic acids is 2. The average molecular weight is 434 g/mol. The van der Waals surface area contributed by atoms with Crippen LogP contribution in [0.15, 0.2) is 11.5 Å². The maximum Gasteiger partial charge on any atom is 0.348 e. The van der Waals surface area contributed by atoms with Crippen LogP contribution in [0.3, 0.4) is 0 Å². The molecule has 17 heavy (non-hydrogen) atoms. The van der Waals surface area contributed by atoms with Gasteiger partial charge in [0.1, 0.15) is 5.76 Å². The Bertz CT molecular complexity index is 392. The van der Waals surface area contributed by atoms with Crippen LogP contribution in [-0.4, -0.2) is 20.7 Å². The van der Waals surface area contributed by atoms with Gasteiger partial charge in [-0.3, -0.25) is 4.79 Å². The molecule has 0 N–H and O–H groups in total. The Kier molecular flexibility index (Phi) is 6.97. The largest absolute Gasteiger partial charge is 0.471 e. The number of halogens is 3. The molecule has 0 aliphatic carbocycles. The number of alkyl halides is 3. The fourth-order valence-electron chi connectivity index (χ4n) is 0.713. The summed E-state index contributed by atoms with van der Waals surface area (Å²) in [5.74, 6) is -1.69. The Balaban J connectivity index is 4.97. The van der Waals surface area contributed by atoms with Crippen molar-refractivity contribution in [1.29, 1.82) is 0 Å². The fourth-order valence-corrected chi connectivity index (χ4v) is 0.956. The molecule has 0 aliphatic heterocycles. The van der Waals surface area contributed by atoms with Crippen LogP contribution < -0.4 is 0 Å². The van der Waals surface area contributed by atoms with Gasteiger partial charge in [0, 0.05) is 0 Å². The van der Waals surface area contributed by atoms with Gasteiger partial charge < -0.3 is 9.47 Å². The van der Waals surface area contributed by atoms with Gasteiger partial charge in [0.05, 0.1) is 13.2 Å². The first-order chi connectivity index (χ1) is 7.73. The van der Waals surface area contributed by atoms with Gasteiger partial charge in [0.15, 0.2) is 0 Å². The third kappa shape index (κ3) is 5.66. The van der Waals surface area contributed by atoms with E-state index in [-0.39, 0.29) is 18.1 Å². The van der Waals surface area contributed by atoms with Crippen LogP contribution in [0.25, 0.3) is 4.85 Å². The van der Waals surface area contributed by atoms with Gasteiger partial charge >= 0.3 is 17.6 Å². The maximum atomic E-state index is 11.4. The van der Waals surface area contributed by atoms with Crippen LogP contribution in [0.4, 0.5) is 0 Å². The van der Waals surface area contributed by atoms with E-state index in [0.717, 1.165) is 0 Å². The van der Waals surface area contributed by atoms with Gasteiger partial charge in [-0.15, -0.1) is 0 Å². The number of hydrogen-bond acceptors (Lipinski definition) is 4. The zero-order valence-electron chi connectivity index (χ0n) is 8.92. The highest BCUT2D eigenvalue weighted by molar-refractivity contribution is 9.40. The normalized spacial score (nSPS) is 12.2. The number of rotatable bonds is 3. The molecular formula is C9H8Br3NO4. The van der Waals surface area contributed by atoms with E-state index in [1.54, 1.807) is 6.92 Å². The number of esters is 2. The van der Waals surface area contributed by atoms with Gasteiger partial charge in [-0.1, -0.05) is 0 Å². The van der Waals surface area contributed by atoms with E-state index in [4.69, 9.17) is 11.3 Å². The smallest absolute Gasteiger partial charge is 0.348 e. The van der Waals surface area contributed by atoms with E-state index in [1.807, 2.05) is 0 Å². The molecule has 0 heterocycles. The number of nitrogens with zero attached hydrogens (tertiary/aromatic N) is 1. The second-order valence-corrected chi connectivity index (χ2v) is 9.39.